The van der Waals surface area contributed by atoms with Gasteiger partial charge in [-0.1, -0.05) is 12.1 Å². The molecule has 0 amide bonds. The van der Waals surface area contributed by atoms with Crippen molar-refractivity contribution in [2.24, 2.45) is 0 Å². The third-order valence-electron chi connectivity index (χ3n) is 2.04. The molecule has 1 aromatic heterocycles. The Balaban J connectivity index is 2.22. The summed E-state index contributed by atoms with van der Waals surface area (Å²) in [5, 5.41) is 5.82. The van der Waals surface area contributed by atoms with Crippen LogP contribution in [0.2, 0.25) is 0 Å². The van der Waals surface area contributed by atoms with Gasteiger partial charge in [0, 0.05) is 0 Å². The lowest BCUT2D eigenvalue weighted by atomic mass is 10.1. The van der Waals surface area contributed by atoms with E-state index in [-0.39, 0.29) is 0 Å². The van der Waals surface area contributed by atoms with E-state index in [9.17, 15) is 0 Å². The Hall–Kier alpha value is -1.77. The van der Waals surface area contributed by atoms with Crippen LogP contribution in [-0.4, -0.2) is 11.7 Å². The topological polar surface area (TPSA) is 39.2 Å². The number of rotatable bonds is 3. The molecule has 0 aliphatic carbocycles. The molecule has 0 atom stereocenters. The Labute approximate surface area is 82.7 Å². The van der Waals surface area contributed by atoms with Gasteiger partial charge in [0.25, 0.3) is 0 Å². The molecule has 1 aromatic carbocycles. The maximum atomic E-state index is 5.36. The molecule has 0 bridgehead atoms. The molecule has 0 spiro atoms. The van der Waals surface area contributed by atoms with E-state index in [1.54, 1.807) is 0 Å². The quantitative estimate of drug-likeness (QED) is 0.786. The van der Waals surface area contributed by atoms with E-state index in [0.717, 1.165) is 11.3 Å². The van der Waals surface area contributed by atoms with Crippen LogP contribution >= 0.6 is 0 Å². The Morgan fingerprint density at radius 2 is 2.00 bits per heavy atom. The van der Waals surface area contributed by atoms with E-state index in [4.69, 9.17) is 4.74 Å². The summed E-state index contributed by atoms with van der Waals surface area (Å²) in [7, 11) is 0. The first kappa shape index (κ1) is 8.81. The van der Waals surface area contributed by atoms with Crippen LogP contribution in [0.25, 0.3) is 11.1 Å². The highest BCUT2D eigenvalue weighted by Gasteiger charge is 2.01. The molecule has 0 fully saturated rings. The summed E-state index contributed by atoms with van der Waals surface area (Å²) in [6.07, 6.45) is 3.85. The van der Waals surface area contributed by atoms with Crippen LogP contribution in [-0.2, 0) is 0 Å². The molecule has 3 heteroatoms. The fraction of sp³-hybridized carbons (Fsp3) is 0.182. The Bertz CT molecular complexity index is 378. The number of H-pyrrole nitrogens is 2. The van der Waals surface area contributed by atoms with Crippen molar-refractivity contribution in [2.75, 3.05) is 6.61 Å². The zero-order valence-corrected chi connectivity index (χ0v) is 8.08. The molecule has 0 aliphatic heterocycles. The summed E-state index contributed by atoms with van der Waals surface area (Å²) < 4.78 is 5.36. The predicted octanol–water partition coefficient (Wildman–Crippen LogP) is 1.89. The minimum Gasteiger partial charge on any atom is -0.494 e. The molecule has 2 aromatic rings. The molecule has 0 saturated carbocycles. The molecule has 72 valence electrons. The van der Waals surface area contributed by atoms with E-state index in [0.29, 0.717) is 6.61 Å². The van der Waals surface area contributed by atoms with E-state index < -0.39 is 0 Å². The molecule has 0 unspecified atom stereocenters. The number of nitrogens with one attached hydrogen (secondary N) is 2. The molecular weight excluding hydrogens is 176 g/mol. The maximum absolute atomic E-state index is 5.36. The van der Waals surface area contributed by atoms with Gasteiger partial charge in [-0.2, -0.15) is 5.10 Å². The summed E-state index contributed by atoms with van der Waals surface area (Å²) in [5.74, 6) is 0.913. The standard InChI is InChI=1S/C11H12N2O/c1-2-14-11-5-3-9(4-6-11)10-7-12-13-8-10/h3-8H,2H2,1H3,(H,12,13)/p+1. The lowest BCUT2D eigenvalue weighted by molar-refractivity contribution is -0.448. The van der Waals surface area contributed by atoms with Gasteiger partial charge in [0.2, 0.25) is 6.20 Å². The third kappa shape index (κ3) is 1.76. The van der Waals surface area contributed by atoms with Crippen molar-refractivity contribution in [1.82, 2.24) is 5.10 Å². The number of aromatic nitrogens is 2. The average molecular weight is 189 g/mol. The number of benzene rings is 1. The molecule has 0 saturated heterocycles. The average Bonchev–Trinajstić information content (AvgIpc) is 2.72. The van der Waals surface area contributed by atoms with Crippen LogP contribution in [0.4, 0.5) is 0 Å². The van der Waals surface area contributed by atoms with Crippen molar-refractivity contribution in [2.45, 2.75) is 6.92 Å². The summed E-state index contributed by atoms with van der Waals surface area (Å²) in [4.78, 5) is 0. The van der Waals surface area contributed by atoms with Gasteiger partial charge in [-0.15, -0.1) is 5.10 Å². The fourth-order valence-electron chi connectivity index (χ4n) is 1.36. The SMILES string of the molecule is CCOc1ccc(-c2c[nH][nH+]c2)cc1. The van der Waals surface area contributed by atoms with Crippen molar-refractivity contribution >= 4 is 0 Å². The number of hydrogen-bond donors (Lipinski definition) is 1. The van der Waals surface area contributed by atoms with Crippen molar-refractivity contribution in [3.8, 4) is 16.9 Å². The summed E-state index contributed by atoms with van der Waals surface area (Å²) in [6, 6.07) is 8.04. The molecule has 3 nitrogen and oxygen atoms in total. The van der Waals surface area contributed by atoms with Crippen LogP contribution in [0.1, 0.15) is 6.92 Å². The number of aromatic amines is 2. The molecule has 1 heterocycles. The summed E-state index contributed by atoms with van der Waals surface area (Å²) in [6.45, 7) is 2.69. The Morgan fingerprint density at radius 1 is 1.21 bits per heavy atom. The first-order chi connectivity index (χ1) is 6.90. The third-order valence-corrected chi connectivity index (χ3v) is 2.04. The van der Waals surface area contributed by atoms with Crippen LogP contribution in [0.15, 0.2) is 36.7 Å². The second-order valence-corrected chi connectivity index (χ2v) is 2.99. The highest BCUT2D eigenvalue weighted by molar-refractivity contribution is 5.61. The minimum absolute atomic E-state index is 0.706. The lowest BCUT2D eigenvalue weighted by Gasteiger charge is -2.02. The number of hydrogen-bond acceptors (Lipinski definition) is 1. The van der Waals surface area contributed by atoms with Gasteiger partial charge in [0.1, 0.15) is 5.75 Å². The van der Waals surface area contributed by atoms with Crippen molar-refractivity contribution < 1.29 is 9.84 Å². The van der Waals surface area contributed by atoms with Crippen LogP contribution in [0.3, 0.4) is 0 Å². The Morgan fingerprint density at radius 3 is 2.57 bits per heavy atom. The van der Waals surface area contributed by atoms with Gasteiger partial charge in [0.05, 0.1) is 18.4 Å². The lowest BCUT2D eigenvalue weighted by Crippen LogP contribution is -1.96. The smallest absolute Gasteiger partial charge is 0.200 e. The van der Waals surface area contributed by atoms with E-state index in [1.807, 2.05) is 43.6 Å². The Kier molecular flexibility index (Phi) is 2.49. The molecule has 0 radical (unpaired) electrons. The highest BCUT2D eigenvalue weighted by Crippen LogP contribution is 2.20. The van der Waals surface area contributed by atoms with Gasteiger partial charge in [-0.05, 0) is 24.6 Å². The first-order valence-electron chi connectivity index (χ1n) is 4.68. The largest absolute Gasteiger partial charge is 0.494 e. The number of ether oxygens (including phenoxy) is 1. The highest BCUT2D eigenvalue weighted by atomic mass is 16.5. The second kappa shape index (κ2) is 3.96. The minimum atomic E-state index is 0.706. The van der Waals surface area contributed by atoms with Gasteiger partial charge < -0.3 is 4.74 Å². The fourth-order valence-corrected chi connectivity index (χ4v) is 1.36. The summed E-state index contributed by atoms with van der Waals surface area (Å²) >= 11 is 0. The first-order valence-corrected chi connectivity index (χ1v) is 4.68. The van der Waals surface area contributed by atoms with Crippen LogP contribution < -0.4 is 9.84 Å². The van der Waals surface area contributed by atoms with Gasteiger partial charge in [0.15, 0.2) is 0 Å². The van der Waals surface area contributed by atoms with E-state index >= 15 is 0 Å². The van der Waals surface area contributed by atoms with Crippen molar-refractivity contribution in [3.05, 3.63) is 36.7 Å². The normalized spacial score (nSPS) is 10.1. The van der Waals surface area contributed by atoms with Crippen LogP contribution in [0.5, 0.6) is 5.75 Å². The molecular formula is C11H13N2O+. The molecule has 2 rings (SSSR count). The second-order valence-electron chi connectivity index (χ2n) is 2.99. The van der Waals surface area contributed by atoms with Gasteiger partial charge in [-0.25, -0.2) is 0 Å². The zero-order chi connectivity index (χ0) is 9.80. The van der Waals surface area contributed by atoms with Crippen molar-refractivity contribution in [1.29, 1.82) is 0 Å². The van der Waals surface area contributed by atoms with Crippen molar-refractivity contribution in [3.63, 3.8) is 0 Å². The maximum Gasteiger partial charge on any atom is 0.200 e. The van der Waals surface area contributed by atoms with Crippen LogP contribution in [0, 0.1) is 0 Å². The molecule has 14 heavy (non-hydrogen) atoms. The van der Waals surface area contributed by atoms with Gasteiger partial charge >= 0.3 is 0 Å². The summed E-state index contributed by atoms with van der Waals surface area (Å²) in [5.41, 5.74) is 2.32. The molecule has 2 N–H and O–H groups in total. The van der Waals surface area contributed by atoms with E-state index in [1.165, 1.54) is 5.56 Å². The van der Waals surface area contributed by atoms with Gasteiger partial charge in [-0.3, -0.25) is 0 Å². The van der Waals surface area contributed by atoms with E-state index in [2.05, 4.69) is 10.2 Å². The monoisotopic (exact) mass is 189 g/mol. The molecule has 0 aliphatic rings. The predicted molar refractivity (Wildman–Crippen MR) is 54.0 cm³/mol. The zero-order valence-electron chi connectivity index (χ0n) is 8.08.